The quantitative estimate of drug-likeness (QED) is 0.907. The molecule has 17 heavy (non-hydrogen) atoms. The van der Waals surface area contributed by atoms with E-state index in [4.69, 9.17) is 0 Å². The lowest BCUT2D eigenvalue weighted by Gasteiger charge is -2.12. The molecule has 0 radical (unpaired) electrons. The van der Waals surface area contributed by atoms with Crippen LogP contribution < -0.4 is 5.32 Å². The molecule has 0 aliphatic heterocycles. The molecule has 1 heterocycles. The van der Waals surface area contributed by atoms with E-state index in [9.17, 15) is 4.39 Å². The minimum absolute atomic E-state index is 0.193. The van der Waals surface area contributed by atoms with E-state index in [1.54, 1.807) is 12.1 Å². The molecular weight excluding hydrogens is 237 g/mol. The zero-order valence-electron chi connectivity index (χ0n) is 9.77. The minimum Gasteiger partial charge on any atom is -0.357 e. The van der Waals surface area contributed by atoms with E-state index in [1.165, 1.54) is 17.4 Å². The molecule has 1 aromatic carbocycles. The number of halogens is 1. The second-order valence-corrected chi connectivity index (χ2v) is 5.19. The van der Waals surface area contributed by atoms with Crippen molar-refractivity contribution in [3.05, 3.63) is 40.7 Å². The van der Waals surface area contributed by atoms with Crippen molar-refractivity contribution in [2.75, 3.05) is 5.32 Å². The Hall–Kier alpha value is -1.49. The smallest absolute Gasteiger partial charge is 0.205 e. The normalized spacial score (nSPS) is 12.4. The summed E-state index contributed by atoms with van der Waals surface area (Å²) in [6.07, 6.45) is 0.760. The lowest BCUT2D eigenvalue weighted by atomic mass is 10.1. The van der Waals surface area contributed by atoms with Gasteiger partial charge in [0.25, 0.3) is 0 Å². The molecule has 0 fully saturated rings. The predicted octanol–water partition coefficient (Wildman–Crippen LogP) is 3.03. The number of aryl methyl sites for hydroxylation is 1. The molecule has 0 aliphatic rings. The summed E-state index contributed by atoms with van der Waals surface area (Å²) in [6, 6.07) is 6.86. The van der Waals surface area contributed by atoms with Gasteiger partial charge in [0.2, 0.25) is 5.13 Å². The SMILES string of the molecule is Cc1nnc(NC(C)Cc2cccc(F)c2)s1. The number of anilines is 1. The predicted molar refractivity (Wildman–Crippen MR) is 67.8 cm³/mol. The Morgan fingerprint density at radius 2 is 2.24 bits per heavy atom. The summed E-state index contributed by atoms with van der Waals surface area (Å²) < 4.78 is 13.0. The molecule has 90 valence electrons. The maximum absolute atomic E-state index is 13.0. The van der Waals surface area contributed by atoms with Crippen molar-refractivity contribution in [3.63, 3.8) is 0 Å². The first-order chi connectivity index (χ1) is 8.13. The zero-order valence-corrected chi connectivity index (χ0v) is 10.6. The molecule has 2 rings (SSSR count). The molecule has 1 atom stereocenters. The third-order valence-electron chi connectivity index (χ3n) is 2.33. The van der Waals surface area contributed by atoms with Gasteiger partial charge < -0.3 is 5.32 Å². The minimum atomic E-state index is -0.193. The Morgan fingerprint density at radius 1 is 1.41 bits per heavy atom. The van der Waals surface area contributed by atoms with E-state index in [0.717, 1.165) is 22.1 Å². The van der Waals surface area contributed by atoms with E-state index in [1.807, 2.05) is 19.9 Å². The second-order valence-electron chi connectivity index (χ2n) is 4.01. The first-order valence-electron chi connectivity index (χ1n) is 5.44. The lowest BCUT2D eigenvalue weighted by Crippen LogP contribution is -2.17. The van der Waals surface area contributed by atoms with Gasteiger partial charge in [-0.2, -0.15) is 0 Å². The second kappa shape index (κ2) is 5.23. The van der Waals surface area contributed by atoms with Crippen LogP contribution in [0.15, 0.2) is 24.3 Å². The molecule has 5 heteroatoms. The third-order valence-corrected chi connectivity index (χ3v) is 3.10. The summed E-state index contributed by atoms with van der Waals surface area (Å²) >= 11 is 1.52. The third kappa shape index (κ3) is 3.49. The van der Waals surface area contributed by atoms with Crippen LogP contribution in [0.2, 0.25) is 0 Å². The number of aromatic nitrogens is 2. The highest BCUT2D eigenvalue weighted by molar-refractivity contribution is 7.15. The summed E-state index contributed by atoms with van der Waals surface area (Å²) in [5.74, 6) is -0.193. The average Bonchev–Trinajstić information content (AvgIpc) is 2.63. The van der Waals surface area contributed by atoms with E-state index < -0.39 is 0 Å². The summed E-state index contributed by atoms with van der Waals surface area (Å²) in [6.45, 7) is 3.96. The van der Waals surface area contributed by atoms with E-state index >= 15 is 0 Å². The molecule has 1 N–H and O–H groups in total. The number of nitrogens with one attached hydrogen (secondary N) is 1. The molecule has 0 spiro atoms. The van der Waals surface area contributed by atoms with Crippen molar-refractivity contribution in [2.24, 2.45) is 0 Å². The van der Waals surface area contributed by atoms with Crippen LogP contribution in [-0.4, -0.2) is 16.2 Å². The fourth-order valence-electron chi connectivity index (χ4n) is 1.63. The van der Waals surface area contributed by atoms with E-state index in [0.29, 0.717) is 0 Å². The van der Waals surface area contributed by atoms with Gasteiger partial charge in [-0.1, -0.05) is 23.5 Å². The molecule has 0 aliphatic carbocycles. The maximum Gasteiger partial charge on any atom is 0.205 e. The maximum atomic E-state index is 13.0. The van der Waals surface area contributed by atoms with Gasteiger partial charge >= 0.3 is 0 Å². The van der Waals surface area contributed by atoms with Gasteiger partial charge in [0, 0.05) is 6.04 Å². The van der Waals surface area contributed by atoms with Gasteiger partial charge in [-0.15, -0.1) is 10.2 Å². The number of rotatable bonds is 4. The monoisotopic (exact) mass is 251 g/mol. The summed E-state index contributed by atoms with van der Waals surface area (Å²) in [4.78, 5) is 0. The van der Waals surface area contributed by atoms with Crippen molar-refractivity contribution in [3.8, 4) is 0 Å². The first-order valence-corrected chi connectivity index (χ1v) is 6.26. The highest BCUT2D eigenvalue weighted by Crippen LogP contribution is 2.16. The van der Waals surface area contributed by atoms with Crippen LogP contribution in [0, 0.1) is 12.7 Å². The van der Waals surface area contributed by atoms with Crippen molar-refractivity contribution < 1.29 is 4.39 Å². The van der Waals surface area contributed by atoms with Gasteiger partial charge in [0.1, 0.15) is 10.8 Å². The average molecular weight is 251 g/mol. The molecule has 1 unspecified atom stereocenters. The summed E-state index contributed by atoms with van der Waals surface area (Å²) in [5.41, 5.74) is 0.978. The van der Waals surface area contributed by atoms with Gasteiger partial charge in [-0.05, 0) is 38.0 Å². The summed E-state index contributed by atoms with van der Waals surface area (Å²) in [7, 11) is 0. The van der Waals surface area contributed by atoms with Crippen LogP contribution in [0.25, 0.3) is 0 Å². The fraction of sp³-hybridized carbons (Fsp3) is 0.333. The standard InChI is InChI=1S/C12H14FN3S/c1-8(14-12-16-15-9(2)17-12)6-10-4-3-5-11(13)7-10/h3-5,7-8H,6H2,1-2H3,(H,14,16). The topological polar surface area (TPSA) is 37.8 Å². The molecule has 1 aromatic heterocycles. The summed E-state index contributed by atoms with van der Waals surface area (Å²) in [5, 5.41) is 12.9. The van der Waals surface area contributed by atoms with Crippen molar-refractivity contribution in [2.45, 2.75) is 26.3 Å². The van der Waals surface area contributed by atoms with E-state index in [2.05, 4.69) is 15.5 Å². The van der Waals surface area contributed by atoms with Gasteiger partial charge in [-0.25, -0.2) is 4.39 Å². The van der Waals surface area contributed by atoms with Crippen LogP contribution in [-0.2, 0) is 6.42 Å². The van der Waals surface area contributed by atoms with Crippen molar-refractivity contribution >= 4 is 16.5 Å². The zero-order chi connectivity index (χ0) is 12.3. The van der Waals surface area contributed by atoms with Crippen LogP contribution >= 0.6 is 11.3 Å². The Balaban J connectivity index is 1.95. The Morgan fingerprint density at radius 3 is 2.88 bits per heavy atom. The molecule has 0 saturated carbocycles. The Kier molecular flexibility index (Phi) is 3.68. The van der Waals surface area contributed by atoms with Gasteiger partial charge in [-0.3, -0.25) is 0 Å². The molecule has 2 aromatic rings. The molecule has 3 nitrogen and oxygen atoms in total. The van der Waals surface area contributed by atoms with E-state index in [-0.39, 0.29) is 11.9 Å². The molecule has 0 saturated heterocycles. The lowest BCUT2D eigenvalue weighted by molar-refractivity contribution is 0.624. The van der Waals surface area contributed by atoms with Crippen LogP contribution in [0.4, 0.5) is 9.52 Å². The Labute approximate surface area is 104 Å². The van der Waals surface area contributed by atoms with Crippen molar-refractivity contribution in [1.82, 2.24) is 10.2 Å². The van der Waals surface area contributed by atoms with Gasteiger partial charge in [0.05, 0.1) is 0 Å². The first kappa shape index (κ1) is 12.0. The van der Waals surface area contributed by atoms with Crippen molar-refractivity contribution in [1.29, 1.82) is 0 Å². The number of hydrogen-bond acceptors (Lipinski definition) is 4. The van der Waals surface area contributed by atoms with Crippen LogP contribution in [0.5, 0.6) is 0 Å². The molecular formula is C12H14FN3S. The fourth-order valence-corrected chi connectivity index (χ4v) is 2.34. The number of hydrogen-bond donors (Lipinski definition) is 1. The largest absolute Gasteiger partial charge is 0.357 e. The van der Waals surface area contributed by atoms with Crippen LogP contribution in [0.1, 0.15) is 17.5 Å². The number of nitrogens with zero attached hydrogens (tertiary/aromatic N) is 2. The Bertz CT molecular complexity index is 498. The number of benzene rings is 1. The van der Waals surface area contributed by atoms with Crippen LogP contribution in [0.3, 0.4) is 0 Å². The highest BCUT2D eigenvalue weighted by Gasteiger charge is 2.07. The molecule has 0 bridgehead atoms. The molecule has 0 amide bonds. The van der Waals surface area contributed by atoms with Gasteiger partial charge in [0.15, 0.2) is 0 Å². The highest BCUT2D eigenvalue weighted by atomic mass is 32.1.